The van der Waals surface area contributed by atoms with E-state index in [1.54, 1.807) is 11.1 Å². The van der Waals surface area contributed by atoms with Gasteiger partial charge in [-0.05, 0) is 47.6 Å². The molecule has 0 heterocycles. The molecule has 2 aromatic rings. The van der Waals surface area contributed by atoms with Crippen LogP contribution in [0.3, 0.4) is 0 Å². The molecule has 2 saturated carbocycles. The molecule has 2 aromatic carbocycles. The van der Waals surface area contributed by atoms with Crippen LogP contribution in [0.15, 0.2) is 108 Å². The van der Waals surface area contributed by atoms with Gasteiger partial charge in [0.2, 0.25) is 0 Å². The number of halogens is 2. The van der Waals surface area contributed by atoms with Crippen molar-refractivity contribution in [1.29, 1.82) is 0 Å². The van der Waals surface area contributed by atoms with Gasteiger partial charge in [0.15, 0.2) is 0 Å². The number of rotatable bonds is 2. The van der Waals surface area contributed by atoms with E-state index >= 15 is 0 Å². The Hall–Kier alpha value is -1.35. The Bertz CT molecular complexity index is 1080. The third kappa shape index (κ3) is 9.88. The molecule has 0 aromatic heterocycles. The number of fused-ring (bicyclic) bond motifs is 2. The van der Waals surface area contributed by atoms with Gasteiger partial charge < -0.3 is 24.8 Å². The molecule has 0 aliphatic heterocycles. The van der Waals surface area contributed by atoms with E-state index in [1.807, 2.05) is 0 Å². The molecule has 0 bridgehead atoms. The Kier molecular flexibility index (Phi) is 15.3. The molecule has 4 aliphatic rings. The minimum absolute atomic E-state index is 0. The van der Waals surface area contributed by atoms with E-state index in [0.717, 1.165) is 23.7 Å². The molecular formula is C36H44Cl2SiTi-2. The van der Waals surface area contributed by atoms with Gasteiger partial charge >= 0.3 is 38.5 Å². The van der Waals surface area contributed by atoms with Gasteiger partial charge in [-0.2, -0.15) is 0 Å². The third-order valence-corrected chi connectivity index (χ3v) is 8.12. The minimum Gasteiger partial charge on any atom is -1.00 e. The molecule has 2 fully saturated rings. The number of benzene rings is 2. The molecule has 40 heavy (non-hydrogen) atoms. The smallest absolute Gasteiger partial charge is 1.00 e. The Morgan fingerprint density at radius 3 is 1.32 bits per heavy atom. The van der Waals surface area contributed by atoms with Crippen LogP contribution in [0.2, 0.25) is 13.1 Å². The van der Waals surface area contributed by atoms with E-state index in [1.165, 1.54) is 36.8 Å². The second kappa shape index (κ2) is 17.6. The zero-order valence-corrected chi connectivity index (χ0v) is 28.5. The summed E-state index contributed by atoms with van der Waals surface area (Å²) >= 11 is 2.27. The molecule has 0 saturated heterocycles. The predicted octanol–water partition coefficient (Wildman–Crippen LogP) is 3.83. The average molecular weight is 624 g/mol. The average Bonchev–Trinajstić information content (AvgIpc) is 3.31. The van der Waals surface area contributed by atoms with Gasteiger partial charge in [-0.15, -0.1) is 24.3 Å². The SMILES string of the molecule is CC1[CH-]C2=CC=CCC(c3ccccc3)C2C1.CC1[CH-]C2=CC=CCC(c3ccccc3)C2C1.C[Si](C)=[Ti+2].[Cl-].[Cl-]. The first-order chi connectivity index (χ1) is 18.4. The van der Waals surface area contributed by atoms with Crippen LogP contribution in [-0.2, 0) is 19.2 Å². The summed E-state index contributed by atoms with van der Waals surface area (Å²) in [5, 5.41) is 0. The van der Waals surface area contributed by atoms with Crippen LogP contribution in [0.4, 0.5) is 0 Å². The van der Waals surface area contributed by atoms with Crippen LogP contribution in [0.25, 0.3) is 0 Å². The maximum Gasteiger partial charge on any atom is -1.00 e. The summed E-state index contributed by atoms with van der Waals surface area (Å²) in [6.07, 6.45) is 23.8. The Labute approximate surface area is 268 Å². The number of hydrogen-bond acceptors (Lipinski definition) is 0. The zero-order chi connectivity index (χ0) is 26.9. The van der Waals surface area contributed by atoms with Crippen molar-refractivity contribution >= 4 is 6.19 Å². The zero-order valence-electron chi connectivity index (χ0n) is 24.4. The first-order valence-electron chi connectivity index (χ1n) is 14.5. The molecular weight excluding hydrogens is 579 g/mol. The van der Waals surface area contributed by atoms with E-state index in [2.05, 4.69) is 156 Å². The van der Waals surface area contributed by atoms with Crippen LogP contribution >= 0.6 is 0 Å². The summed E-state index contributed by atoms with van der Waals surface area (Å²) in [5.74, 6) is 4.27. The van der Waals surface area contributed by atoms with Crippen LogP contribution in [0.5, 0.6) is 0 Å². The van der Waals surface area contributed by atoms with Crippen LogP contribution in [-0.4, -0.2) is 6.19 Å². The molecule has 6 atom stereocenters. The van der Waals surface area contributed by atoms with Crippen molar-refractivity contribution in [2.45, 2.75) is 64.5 Å². The largest absolute Gasteiger partial charge is 1.00 e. The van der Waals surface area contributed by atoms with Crippen molar-refractivity contribution in [1.82, 2.24) is 0 Å². The molecule has 0 amide bonds. The Morgan fingerprint density at radius 1 is 0.625 bits per heavy atom. The molecule has 0 N–H and O–H groups in total. The summed E-state index contributed by atoms with van der Waals surface area (Å²) in [7, 11) is 0. The summed E-state index contributed by atoms with van der Waals surface area (Å²) in [6, 6.07) is 22.0. The van der Waals surface area contributed by atoms with Gasteiger partial charge in [-0.1, -0.05) is 99.2 Å². The van der Waals surface area contributed by atoms with E-state index in [-0.39, 0.29) is 31.0 Å². The van der Waals surface area contributed by atoms with Crippen molar-refractivity contribution in [2.24, 2.45) is 23.7 Å². The van der Waals surface area contributed by atoms with Crippen molar-refractivity contribution in [3.8, 4) is 0 Å². The van der Waals surface area contributed by atoms with Crippen LogP contribution in [0.1, 0.15) is 62.5 Å². The van der Waals surface area contributed by atoms with Crippen LogP contribution in [0, 0.1) is 36.5 Å². The fourth-order valence-electron chi connectivity index (χ4n) is 6.54. The van der Waals surface area contributed by atoms with Gasteiger partial charge in [-0.3, -0.25) is 0 Å². The summed E-state index contributed by atoms with van der Waals surface area (Å²) in [6.45, 7) is 9.21. The van der Waals surface area contributed by atoms with Crippen molar-refractivity contribution < 1.29 is 44.0 Å². The maximum atomic E-state index is 2.45. The quantitative estimate of drug-likeness (QED) is 0.353. The standard InChI is InChI=1S/2C17H19.C2H6Si.2ClH.Ti/c2*1-13-11-15-9-5-6-10-16(17(15)12-13)14-7-3-2-4-8-14;1-3-2;;;/h2*2-9,11,13,16-17H,10,12H2,1H3;1-2H3;2*1H;/q2*-1;;;;+2/p-2. The monoisotopic (exact) mass is 622 g/mol. The molecule has 4 heteroatoms. The molecule has 6 rings (SSSR count). The van der Waals surface area contributed by atoms with E-state index < -0.39 is 0 Å². The van der Waals surface area contributed by atoms with Gasteiger partial charge in [0.05, 0.1) is 0 Å². The summed E-state index contributed by atoms with van der Waals surface area (Å²) in [4.78, 5) is 0. The molecule has 0 nitrogen and oxygen atoms in total. The van der Waals surface area contributed by atoms with Gasteiger partial charge in [0.1, 0.15) is 0 Å². The normalized spacial score (nSPS) is 27.4. The maximum absolute atomic E-state index is 2.45. The van der Waals surface area contributed by atoms with Gasteiger partial charge in [0.25, 0.3) is 0 Å². The third-order valence-electron chi connectivity index (χ3n) is 8.12. The number of hydrogen-bond donors (Lipinski definition) is 0. The van der Waals surface area contributed by atoms with E-state index in [0.29, 0.717) is 11.8 Å². The van der Waals surface area contributed by atoms with Gasteiger partial charge in [-0.25, -0.2) is 36.1 Å². The molecule has 4 aliphatic carbocycles. The fourth-order valence-corrected chi connectivity index (χ4v) is 6.54. The first-order valence-corrected chi connectivity index (χ1v) is 19.3. The van der Waals surface area contributed by atoms with Crippen molar-refractivity contribution in [3.63, 3.8) is 0 Å². The first kappa shape index (κ1) is 34.9. The predicted molar refractivity (Wildman–Crippen MR) is 163 cm³/mol. The van der Waals surface area contributed by atoms with E-state index in [4.69, 9.17) is 0 Å². The van der Waals surface area contributed by atoms with Crippen LogP contribution < -0.4 is 24.8 Å². The second-order valence-corrected chi connectivity index (χ2v) is 18.4. The van der Waals surface area contributed by atoms with E-state index in [9.17, 15) is 0 Å². The molecule has 212 valence electrons. The molecule has 6 unspecified atom stereocenters. The Morgan fingerprint density at radius 2 is 0.975 bits per heavy atom. The van der Waals surface area contributed by atoms with Gasteiger partial charge in [0, 0.05) is 0 Å². The minimum atomic E-state index is 0. The fraction of sp³-hybridized carbons (Fsp3) is 0.389. The number of allylic oxidation sites excluding steroid dienone is 8. The van der Waals surface area contributed by atoms with Crippen molar-refractivity contribution in [3.05, 3.63) is 132 Å². The topological polar surface area (TPSA) is 0 Å². The second-order valence-electron chi connectivity index (χ2n) is 11.7. The summed E-state index contributed by atoms with van der Waals surface area (Å²) in [5.41, 5.74) is 6.11. The Balaban J connectivity index is 0.000000237. The van der Waals surface area contributed by atoms with Crippen molar-refractivity contribution in [2.75, 3.05) is 0 Å². The molecule has 0 radical (unpaired) electrons. The summed E-state index contributed by atoms with van der Waals surface area (Å²) < 4.78 is 0. The molecule has 0 spiro atoms.